The lowest BCUT2D eigenvalue weighted by Gasteiger charge is -2.38. The summed E-state index contributed by atoms with van der Waals surface area (Å²) < 4.78 is 7.95. The minimum atomic E-state index is -0.304. The highest BCUT2D eigenvalue weighted by atomic mass is 35.5. The topological polar surface area (TPSA) is 71.8 Å². The molecule has 1 saturated carbocycles. The molecule has 5 rings (SSSR count). The number of ketones is 1. The first-order valence-electron chi connectivity index (χ1n) is 13.5. The van der Waals surface area contributed by atoms with Gasteiger partial charge in [0.15, 0.2) is 5.78 Å². The van der Waals surface area contributed by atoms with Crippen LogP contribution in [0.2, 0.25) is 5.02 Å². The molecule has 7 heteroatoms. The molecule has 0 spiro atoms. The Kier molecular flexibility index (Phi) is 7.38. The number of methoxy groups -OCH3 is 1. The van der Waals surface area contributed by atoms with E-state index in [-0.39, 0.29) is 35.9 Å². The van der Waals surface area contributed by atoms with Gasteiger partial charge < -0.3 is 19.3 Å². The van der Waals surface area contributed by atoms with Gasteiger partial charge in [-0.2, -0.15) is 0 Å². The van der Waals surface area contributed by atoms with Crippen molar-refractivity contribution in [3.8, 4) is 17.0 Å². The van der Waals surface area contributed by atoms with E-state index in [4.69, 9.17) is 16.3 Å². The Balaban J connectivity index is 1.71. The second kappa shape index (κ2) is 10.6. The number of hydrogen-bond acceptors (Lipinski definition) is 4. The summed E-state index contributed by atoms with van der Waals surface area (Å²) in [5.74, 6) is 0.718. The Hall–Kier alpha value is -3.09. The van der Waals surface area contributed by atoms with Crippen molar-refractivity contribution in [3.05, 3.63) is 75.9 Å². The lowest BCUT2D eigenvalue weighted by Crippen LogP contribution is -2.42. The third-order valence-corrected chi connectivity index (χ3v) is 8.21. The van der Waals surface area contributed by atoms with E-state index in [1.54, 1.807) is 13.2 Å². The van der Waals surface area contributed by atoms with Gasteiger partial charge in [0.2, 0.25) is 0 Å². The largest absolute Gasteiger partial charge is 0.496 e. The van der Waals surface area contributed by atoms with Crippen molar-refractivity contribution < 1.29 is 19.4 Å². The van der Waals surface area contributed by atoms with Gasteiger partial charge in [-0.15, -0.1) is 0 Å². The van der Waals surface area contributed by atoms with Crippen molar-refractivity contribution in [2.75, 3.05) is 7.11 Å². The summed E-state index contributed by atoms with van der Waals surface area (Å²) in [4.78, 5) is 28.8. The molecule has 1 atom stereocenters. The number of ether oxygens (including phenoxy) is 1. The highest BCUT2D eigenvalue weighted by Gasteiger charge is 2.46. The highest BCUT2D eigenvalue weighted by Crippen LogP contribution is 2.48. The fourth-order valence-electron chi connectivity index (χ4n) is 6.10. The maximum absolute atomic E-state index is 14.2. The number of nitrogens with zero attached hydrogens (tertiary/aromatic N) is 2. The van der Waals surface area contributed by atoms with E-state index < -0.39 is 0 Å². The van der Waals surface area contributed by atoms with Gasteiger partial charge in [0, 0.05) is 34.7 Å². The number of benzene rings is 2. The third kappa shape index (κ3) is 4.54. The van der Waals surface area contributed by atoms with E-state index in [0.717, 1.165) is 35.4 Å². The smallest absolute Gasteiger partial charge is 0.256 e. The van der Waals surface area contributed by atoms with E-state index in [9.17, 15) is 14.7 Å². The maximum atomic E-state index is 14.2. The summed E-state index contributed by atoms with van der Waals surface area (Å²) in [5, 5.41) is 10.8. The molecular formula is C31H35ClN2O4. The Bertz CT molecular complexity index is 1350. The molecule has 2 aromatic carbocycles. The number of hydrogen-bond donors (Lipinski definition) is 1. The average molecular weight is 535 g/mol. The third-order valence-electron chi connectivity index (χ3n) is 7.96. The molecule has 1 unspecified atom stereocenters. The van der Waals surface area contributed by atoms with E-state index in [1.165, 1.54) is 0 Å². The quantitative estimate of drug-likeness (QED) is 0.337. The van der Waals surface area contributed by atoms with Crippen LogP contribution in [0.4, 0.5) is 0 Å². The van der Waals surface area contributed by atoms with Crippen LogP contribution in [0.1, 0.15) is 96.9 Å². The number of carbonyl (C=O) groups excluding carboxylic acids is 2. The zero-order chi connectivity index (χ0) is 27.1. The van der Waals surface area contributed by atoms with Crippen molar-refractivity contribution in [3.63, 3.8) is 0 Å². The molecule has 1 amide bonds. The van der Waals surface area contributed by atoms with Crippen LogP contribution in [0.5, 0.6) is 5.75 Å². The number of amides is 1. The molecule has 0 saturated heterocycles. The Morgan fingerprint density at radius 2 is 1.74 bits per heavy atom. The van der Waals surface area contributed by atoms with Crippen LogP contribution in [-0.4, -0.2) is 45.5 Å². The van der Waals surface area contributed by atoms with Crippen LogP contribution >= 0.6 is 11.6 Å². The number of Topliss-reactive ketones (excluding diaryl/α,β-unsaturated/α-hetero) is 1. The SMILES string of the molecule is CCC(=O)c1ccc(OC)c(-c2cc3c(n2C(C)C)C(c2ccc(Cl)cc2)N(C2CCC(O)CC2)C3=O)c1. The first kappa shape index (κ1) is 26.5. The summed E-state index contributed by atoms with van der Waals surface area (Å²) >= 11 is 6.24. The number of fused-ring (bicyclic) bond motifs is 1. The van der Waals surface area contributed by atoms with Gasteiger partial charge in [-0.3, -0.25) is 9.59 Å². The van der Waals surface area contributed by atoms with Crippen LogP contribution in [-0.2, 0) is 0 Å². The van der Waals surface area contributed by atoms with Gasteiger partial charge in [-0.1, -0.05) is 30.7 Å². The van der Waals surface area contributed by atoms with Crippen molar-refractivity contribution in [1.29, 1.82) is 0 Å². The van der Waals surface area contributed by atoms with E-state index in [2.05, 4.69) is 18.4 Å². The standard InChI is InChI=1S/C31H35ClN2O4/c1-5-27(36)20-8-15-28(38-4)24(16-20)26-17-25-30(33(26)18(2)3)29(19-6-9-21(32)10-7-19)34(31(25)37)22-11-13-23(35)14-12-22/h6-10,15-18,22-23,29,35H,5,11-14H2,1-4H3. The van der Waals surface area contributed by atoms with Gasteiger partial charge in [0.1, 0.15) is 5.75 Å². The van der Waals surface area contributed by atoms with Gasteiger partial charge in [-0.05, 0) is 81.5 Å². The Labute approximate surface area is 229 Å². The molecule has 1 aliphatic heterocycles. The molecule has 200 valence electrons. The van der Waals surface area contributed by atoms with Crippen LogP contribution < -0.4 is 4.74 Å². The van der Waals surface area contributed by atoms with Crippen LogP contribution in [0.3, 0.4) is 0 Å². The van der Waals surface area contributed by atoms with Crippen LogP contribution in [0, 0.1) is 0 Å². The van der Waals surface area contributed by atoms with Crippen molar-refractivity contribution >= 4 is 23.3 Å². The zero-order valence-electron chi connectivity index (χ0n) is 22.4. The van der Waals surface area contributed by atoms with E-state index in [0.29, 0.717) is 41.2 Å². The Morgan fingerprint density at radius 1 is 1.05 bits per heavy atom. The van der Waals surface area contributed by atoms with E-state index in [1.807, 2.05) is 54.3 Å². The number of aliphatic hydroxyl groups excluding tert-OH is 1. The number of halogens is 1. The maximum Gasteiger partial charge on any atom is 0.256 e. The van der Waals surface area contributed by atoms with Crippen molar-refractivity contribution in [1.82, 2.24) is 9.47 Å². The zero-order valence-corrected chi connectivity index (χ0v) is 23.2. The molecular weight excluding hydrogens is 500 g/mol. The minimum absolute atomic E-state index is 0.00162. The van der Waals surface area contributed by atoms with E-state index >= 15 is 0 Å². The lowest BCUT2D eigenvalue weighted by atomic mass is 9.90. The molecule has 1 aliphatic carbocycles. The summed E-state index contributed by atoms with van der Waals surface area (Å²) in [5.41, 5.74) is 4.91. The number of aliphatic hydroxyl groups is 1. The van der Waals surface area contributed by atoms with Gasteiger partial charge in [0.25, 0.3) is 5.91 Å². The van der Waals surface area contributed by atoms with Gasteiger partial charge in [-0.25, -0.2) is 0 Å². The predicted octanol–water partition coefficient (Wildman–Crippen LogP) is 6.84. The summed E-state index contributed by atoms with van der Waals surface area (Å²) in [6, 6.07) is 15.0. The van der Waals surface area contributed by atoms with Crippen molar-refractivity contribution in [2.24, 2.45) is 0 Å². The fraction of sp³-hybridized carbons (Fsp3) is 0.419. The monoisotopic (exact) mass is 534 g/mol. The molecule has 0 bridgehead atoms. The normalized spacial score (nSPS) is 21.2. The molecule has 0 radical (unpaired) electrons. The summed E-state index contributed by atoms with van der Waals surface area (Å²) in [7, 11) is 1.62. The number of carbonyl (C=O) groups is 2. The predicted molar refractivity (Wildman–Crippen MR) is 149 cm³/mol. The fourth-order valence-corrected chi connectivity index (χ4v) is 6.23. The molecule has 1 N–H and O–H groups in total. The Morgan fingerprint density at radius 3 is 2.34 bits per heavy atom. The lowest BCUT2D eigenvalue weighted by molar-refractivity contribution is 0.0458. The second-order valence-electron chi connectivity index (χ2n) is 10.6. The average Bonchev–Trinajstić information content (AvgIpc) is 3.44. The van der Waals surface area contributed by atoms with Crippen molar-refractivity contribution in [2.45, 2.75) is 77.1 Å². The molecule has 38 heavy (non-hydrogen) atoms. The molecule has 1 aromatic heterocycles. The number of rotatable bonds is 7. The molecule has 3 aromatic rings. The second-order valence-corrected chi connectivity index (χ2v) is 11.0. The van der Waals surface area contributed by atoms with Crippen LogP contribution in [0.15, 0.2) is 48.5 Å². The van der Waals surface area contributed by atoms with Gasteiger partial charge >= 0.3 is 0 Å². The minimum Gasteiger partial charge on any atom is -0.496 e. The number of aromatic nitrogens is 1. The van der Waals surface area contributed by atoms with Gasteiger partial charge in [0.05, 0.1) is 36.2 Å². The van der Waals surface area contributed by atoms with Crippen LogP contribution in [0.25, 0.3) is 11.3 Å². The molecule has 1 fully saturated rings. The first-order valence-corrected chi connectivity index (χ1v) is 13.9. The summed E-state index contributed by atoms with van der Waals surface area (Å²) in [6.45, 7) is 6.08. The summed E-state index contributed by atoms with van der Waals surface area (Å²) in [6.07, 6.45) is 3.03. The first-order chi connectivity index (χ1) is 18.2. The highest BCUT2D eigenvalue weighted by molar-refractivity contribution is 6.30. The molecule has 2 aliphatic rings. The molecule has 6 nitrogen and oxygen atoms in total. The molecule has 2 heterocycles.